The number of Topliss-reactive ketones (excluding diaryl/α,β-unsaturated/α-hetero) is 1. The van der Waals surface area contributed by atoms with Gasteiger partial charge in [0.2, 0.25) is 5.91 Å². The molecule has 0 bridgehead atoms. The van der Waals surface area contributed by atoms with Crippen LogP contribution in [-0.2, 0) is 19.2 Å². The highest BCUT2D eigenvalue weighted by atomic mass is 19.4. The molecule has 1 aromatic carbocycles. The number of alkyl halides is 6. The van der Waals surface area contributed by atoms with Gasteiger partial charge >= 0.3 is 24.3 Å². The van der Waals surface area contributed by atoms with E-state index in [0.717, 1.165) is 68.7 Å². The summed E-state index contributed by atoms with van der Waals surface area (Å²) in [5.74, 6) is -4.41. The van der Waals surface area contributed by atoms with Crippen LogP contribution in [-0.4, -0.2) is 81.2 Å². The number of nitriles is 1. The first-order valence-electron chi connectivity index (χ1n) is 14.0. The maximum Gasteiger partial charge on any atom is 0.490 e. The van der Waals surface area contributed by atoms with Gasteiger partial charge in [0.25, 0.3) is 0 Å². The molecular weight excluding hydrogens is 628 g/mol. The number of likely N-dealkylation sites (tertiary alicyclic amines) is 1. The van der Waals surface area contributed by atoms with Crippen LogP contribution in [0.5, 0.6) is 0 Å². The van der Waals surface area contributed by atoms with E-state index in [1.54, 1.807) is 25.3 Å². The second-order valence-corrected chi connectivity index (χ2v) is 10.4. The molecule has 2 aromatic rings. The molecule has 1 aliphatic heterocycles. The smallest absolute Gasteiger partial charge is 0.475 e. The summed E-state index contributed by atoms with van der Waals surface area (Å²) in [7, 11) is 2.09. The fourth-order valence-corrected chi connectivity index (χ4v) is 4.12. The van der Waals surface area contributed by atoms with Gasteiger partial charge in [0, 0.05) is 12.3 Å². The van der Waals surface area contributed by atoms with E-state index in [-0.39, 0.29) is 23.7 Å². The minimum Gasteiger partial charge on any atom is -0.475 e. The monoisotopic (exact) mass is 663 g/mol. The molecule has 0 saturated carbocycles. The molecule has 0 radical (unpaired) electrons. The lowest BCUT2D eigenvalue weighted by atomic mass is 9.95. The number of unbranched alkanes of at least 4 members (excludes halogenated alkanes) is 2. The second-order valence-electron chi connectivity index (χ2n) is 10.4. The number of carbonyl (C=O) groups excluding carboxylic acids is 2. The molecule has 254 valence electrons. The van der Waals surface area contributed by atoms with E-state index >= 15 is 0 Å². The number of nitrogens with zero attached hydrogens (tertiary/aromatic N) is 3. The zero-order valence-electron chi connectivity index (χ0n) is 25.0. The predicted octanol–water partition coefficient (Wildman–Crippen LogP) is 5.25. The van der Waals surface area contributed by atoms with Crippen LogP contribution < -0.4 is 5.32 Å². The topological polar surface area (TPSA) is 176 Å². The zero-order chi connectivity index (χ0) is 35.1. The van der Waals surface area contributed by atoms with Gasteiger partial charge in [-0.15, -0.1) is 0 Å². The van der Waals surface area contributed by atoms with Gasteiger partial charge in [-0.1, -0.05) is 25.0 Å². The largest absolute Gasteiger partial charge is 0.490 e. The van der Waals surface area contributed by atoms with Crippen molar-refractivity contribution in [3.63, 3.8) is 0 Å². The zero-order valence-corrected chi connectivity index (χ0v) is 25.0. The number of halogens is 6. The van der Waals surface area contributed by atoms with E-state index < -0.39 is 24.3 Å². The number of benzene rings is 1. The highest BCUT2D eigenvalue weighted by Crippen LogP contribution is 2.25. The number of amides is 1. The van der Waals surface area contributed by atoms with E-state index in [9.17, 15) is 35.9 Å². The van der Waals surface area contributed by atoms with E-state index in [0.29, 0.717) is 12.0 Å². The number of H-pyrrole nitrogens is 1. The average molecular weight is 664 g/mol. The van der Waals surface area contributed by atoms with Crippen molar-refractivity contribution in [2.45, 2.75) is 70.3 Å². The van der Waals surface area contributed by atoms with Crippen LogP contribution >= 0.6 is 0 Å². The Balaban J connectivity index is 0.000000629. The highest BCUT2D eigenvalue weighted by Gasteiger charge is 2.39. The van der Waals surface area contributed by atoms with Crippen LogP contribution in [0.15, 0.2) is 30.5 Å². The first kappa shape index (κ1) is 39.6. The van der Waals surface area contributed by atoms with Crippen molar-refractivity contribution < 1.29 is 55.7 Å². The second kappa shape index (κ2) is 18.5. The first-order chi connectivity index (χ1) is 21.3. The van der Waals surface area contributed by atoms with E-state index in [1.165, 1.54) is 0 Å². The summed E-state index contributed by atoms with van der Waals surface area (Å²) in [5, 5.41) is 26.5. The third kappa shape index (κ3) is 15.0. The van der Waals surface area contributed by atoms with Gasteiger partial charge in [-0.25, -0.2) is 14.6 Å². The third-order valence-corrected chi connectivity index (χ3v) is 6.66. The normalized spacial score (nSPS) is 14.4. The number of rotatable bonds is 10. The van der Waals surface area contributed by atoms with E-state index in [1.807, 2.05) is 12.1 Å². The number of piperidine rings is 1. The number of aliphatic carboxylic acids is 2. The number of ketones is 1. The number of aromatic nitrogens is 2. The molecule has 1 aliphatic rings. The van der Waals surface area contributed by atoms with Crippen molar-refractivity contribution in [3.05, 3.63) is 41.9 Å². The maximum atomic E-state index is 13.0. The quantitative estimate of drug-likeness (QED) is 0.195. The van der Waals surface area contributed by atoms with Gasteiger partial charge in [0.1, 0.15) is 11.6 Å². The van der Waals surface area contributed by atoms with Gasteiger partial charge < -0.3 is 30.2 Å². The van der Waals surface area contributed by atoms with Crippen LogP contribution in [0, 0.1) is 17.2 Å². The first-order valence-corrected chi connectivity index (χ1v) is 14.0. The van der Waals surface area contributed by atoms with Crippen LogP contribution in [0.2, 0.25) is 0 Å². The molecule has 3 rings (SSSR count). The lowest BCUT2D eigenvalue weighted by Crippen LogP contribution is -2.40. The van der Waals surface area contributed by atoms with Crippen LogP contribution in [0.1, 0.15) is 69.3 Å². The lowest BCUT2D eigenvalue weighted by Gasteiger charge is -2.29. The summed E-state index contributed by atoms with van der Waals surface area (Å²) >= 11 is 0. The Kier molecular flexibility index (Phi) is 15.9. The molecule has 1 saturated heterocycles. The molecule has 1 aromatic heterocycles. The minimum absolute atomic E-state index is 0.0411. The number of carboxylic acids is 2. The van der Waals surface area contributed by atoms with Gasteiger partial charge in [0.05, 0.1) is 29.6 Å². The Morgan fingerprint density at radius 1 is 1.00 bits per heavy atom. The summed E-state index contributed by atoms with van der Waals surface area (Å²) in [6.07, 6.45) is -2.51. The maximum absolute atomic E-state index is 13.0. The lowest BCUT2D eigenvalue weighted by molar-refractivity contribution is -0.193. The molecule has 0 aliphatic carbocycles. The molecule has 1 amide bonds. The Labute approximate surface area is 260 Å². The highest BCUT2D eigenvalue weighted by molar-refractivity contribution is 5.79. The number of hydrogen-bond acceptors (Lipinski definition) is 7. The number of carbonyl (C=O) groups is 4. The molecule has 17 heteroatoms. The Hall–Kier alpha value is -4.46. The van der Waals surface area contributed by atoms with Crippen molar-refractivity contribution >= 4 is 23.6 Å². The van der Waals surface area contributed by atoms with E-state index in [2.05, 4.69) is 33.3 Å². The van der Waals surface area contributed by atoms with Gasteiger partial charge in [-0.3, -0.25) is 4.79 Å². The van der Waals surface area contributed by atoms with Crippen LogP contribution in [0.4, 0.5) is 26.3 Å². The molecule has 1 atom stereocenters. The van der Waals surface area contributed by atoms with Crippen LogP contribution in [0.25, 0.3) is 11.3 Å². The summed E-state index contributed by atoms with van der Waals surface area (Å²) < 4.78 is 63.5. The Morgan fingerprint density at radius 3 is 1.98 bits per heavy atom. The number of aromatic amines is 1. The molecule has 2 heterocycles. The molecule has 11 nitrogen and oxygen atoms in total. The van der Waals surface area contributed by atoms with Gasteiger partial charge in [-0.05, 0) is 70.4 Å². The Morgan fingerprint density at radius 2 is 1.52 bits per heavy atom. The SMILES string of the molecule is CC(=O)CCCCCC(NC(=O)C1CCN(C)CC1)c1ncc(-c2ccc(C#N)cc2)[nH]1.O=C(O)C(F)(F)F.O=C(O)C(F)(F)F. The van der Waals surface area contributed by atoms with Crippen LogP contribution in [0.3, 0.4) is 0 Å². The Bertz CT molecular complexity index is 1310. The number of nitrogens with one attached hydrogen (secondary N) is 2. The number of carboxylic acid groups (broad SMARTS) is 2. The van der Waals surface area contributed by atoms with E-state index in [4.69, 9.17) is 25.1 Å². The van der Waals surface area contributed by atoms with Crippen molar-refractivity contribution in [3.8, 4) is 17.3 Å². The van der Waals surface area contributed by atoms with Crippen molar-refractivity contribution in [2.75, 3.05) is 20.1 Å². The van der Waals surface area contributed by atoms with Crippen molar-refractivity contribution in [2.24, 2.45) is 5.92 Å². The molecule has 1 unspecified atom stereocenters. The summed E-state index contributed by atoms with van der Waals surface area (Å²) in [5.41, 5.74) is 2.42. The predicted molar refractivity (Wildman–Crippen MR) is 151 cm³/mol. The standard InChI is InChI=1S/C25H33N5O2.2C2HF3O2/c1-18(31)6-4-3-5-7-22(29-25(32)21-12-14-30(2)15-13-21)24-27-17-23(28-24)20-10-8-19(16-26)9-11-20;2*3-2(4,5)1(6)7/h8-11,17,21-22H,3-7,12-15H2,1-2H3,(H,27,28)(H,29,32);2*(H,6,7). The summed E-state index contributed by atoms with van der Waals surface area (Å²) in [4.78, 5) is 52.2. The number of hydrogen-bond donors (Lipinski definition) is 4. The molecule has 46 heavy (non-hydrogen) atoms. The minimum atomic E-state index is -5.08. The molecular formula is C29H35F6N5O6. The van der Waals surface area contributed by atoms with Crippen molar-refractivity contribution in [1.29, 1.82) is 5.26 Å². The fraction of sp³-hybridized carbons (Fsp3) is 0.517. The summed E-state index contributed by atoms with van der Waals surface area (Å²) in [6.45, 7) is 3.51. The van der Waals surface area contributed by atoms with Gasteiger partial charge in [0.15, 0.2) is 0 Å². The third-order valence-electron chi connectivity index (χ3n) is 6.66. The molecule has 1 fully saturated rings. The summed E-state index contributed by atoms with van der Waals surface area (Å²) in [6, 6.07) is 9.29. The fourth-order valence-electron chi connectivity index (χ4n) is 4.12. The van der Waals surface area contributed by atoms with Gasteiger partial charge in [-0.2, -0.15) is 31.6 Å². The average Bonchev–Trinajstić information content (AvgIpc) is 3.46. The molecule has 0 spiro atoms. The number of imidazole rings is 1. The van der Waals surface area contributed by atoms with Crippen molar-refractivity contribution in [1.82, 2.24) is 20.2 Å². The molecule has 4 N–H and O–H groups in total.